The molecule has 1 N–H and O–H groups in total. The summed E-state index contributed by atoms with van der Waals surface area (Å²) in [5.74, 6) is 0.954. The fraction of sp³-hybridized carbons (Fsp3) is 0.667. The van der Waals surface area contributed by atoms with Gasteiger partial charge in [0.25, 0.3) is 0 Å². The van der Waals surface area contributed by atoms with E-state index in [4.69, 9.17) is 0 Å². The first-order valence-corrected chi connectivity index (χ1v) is 8.35. The van der Waals surface area contributed by atoms with Crippen LogP contribution in [0.2, 0.25) is 0 Å². The van der Waals surface area contributed by atoms with Gasteiger partial charge in [-0.2, -0.15) is 0 Å². The predicted octanol–water partition coefficient (Wildman–Crippen LogP) is 3.21. The minimum Gasteiger partial charge on any atom is -0.311 e. The van der Waals surface area contributed by atoms with Gasteiger partial charge in [0.1, 0.15) is 0 Å². The summed E-state index contributed by atoms with van der Waals surface area (Å²) in [5.41, 5.74) is 2.92. The Morgan fingerprint density at radius 2 is 1.80 bits per heavy atom. The highest BCUT2D eigenvalue weighted by atomic mass is 15.2. The van der Waals surface area contributed by atoms with Crippen LogP contribution in [0, 0.1) is 5.92 Å². The van der Waals surface area contributed by atoms with Gasteiger partial charge in [-0.25, -0.2) is 0 Å². The number of nitrogens with one attached hydrogen (secondary N) is 1. The summed E-state index contributed by atoms with van der Waals surface area (Å²) in [7, 11) is 0. The van der Waals surface area contributed by atoms with Gasteiger partial charge in [0, 0.05) is 31.7 Å². The predicted molar refractivity (Wildman–Crippen MR) is 84.8 cm³/mol. The molecule has 1 saturated heterocycles. The molecule has 1 aromatic rings. The van der Waals surface area contributed by atoms with Crippen molar-refractivity contribution >= 4 is 0 Å². The van der Waals surface area contributed by atoms with E-state index in [1.807, 2.05) is 0 Å². The van der Waals surface area contributed by atoms with Gasteiger partial charge in [-0.1, -0.05) is 38.1 Å². The molecule has 1 saturated carbocycles. The van der Waals surface area contributed by atoms with E-state index in [0.29, 0.717) is 6.04 Å². The molecule has 2 nitrogen and oxygen atoms in total. The number of nitrogens with zero attached hydrogens (tertiary/aromatic N) is 1. The van der Waals surface area contributed by atoms with E-state index in [-0.39, 0.29) is 0 Å². The summed E-state index contributed by atoms with van der Waals surface area (Å²) in [6, 6.07) is 10.7. The fourth-order valence-electron chi connectivity index (χ4n) is 3.42. The third kappa shape index (κ3) is 3.24. The van der Waals surface area contributed by atoms with Gasteiger partial charge in [0.15, 0.2) is 0 Å². The van der Waals surface area contributed by atoms with Crippen molar-refractivity contribution in [2.45, 2.75) is 58.2 Å². The molecule has 0 amide bonds. The minimum absolute atomic E-state index is 0.680. The summed E-state index contributed by atoms with van der Waals surface area (Å²) in [4.78, 5) is 2.74. The Bertz CT molecular complexity index is 422. The number of rotatable bonds is 5. The maximum absolute atomic E-state index is 3.73. The Kier molecular flexibility index (Phi) is 4.42. The van der Waals surface area contributed by atoms with E-state index in [9.17, 15) is 0 Å². The molecule has 1 heterocycles. The first-order valence-electron chi connectivity index (χ1n) is 8.35. The average molecular weight is 272 g/mol. The first-order chi connectivity index (χ1) is 9.80. The third-order valence-electron chi connectivity index (χ3n) is 5.02. The maximum atomic E-state index is 3.73. The van der Waals surface area contributed by atoms with Crippen LogP contribution in [0.5, 0.6) is 0 Å². The summed E-state index contributed by atoms with van der Waals surface area (Å²) < 4.78 is 0. The highest BCUT2D eigenvalue weighted by Gasteiger charge is 2.38. The van der Waals surface area contributed by atoms with Crippen molar-refractivity contribution in [1.29, 1.82) is 0 Å². The lowest BCUT2D eigenvalue weighted by Gasteiger charge is -2.40. The average Bonchev–Trinajstić information content (AvgIpc) is 3.32. The number of aryl methyl sites for hydroxylation is 1. The highest BCUT2D eigenvalue weighted by molar-refractivity contribution is 5.22. The van der Waals surface area contributed by atoms with Crippen LogP contribution in [0.3, 0.4) is 0 Å². The zero-order valence-corrected chi connectivity index (χ0v) is 12.9. The zero-order chi connectivity index (χ0) is 13.9. The van der Waals surface area contributed by atoms with Crippen LogP contribution in [0.25, 0.3) is 0 Å². The van der Waals surface area contributed by atoms with Crippen LogP contribution in [0.15, 0.2) is 24.3 Å². The number of benzene rings is 1. The van der Waals surface area contributed by atoms with E-state index in [0.717, 1.165) is 24.9 Å². The molecule has 0 spiro atoms. The number of piperazine rings is 1. The van der Waals surface area contributed by atoms with Crippen molar-refractivity contribution in [3.63, 3.8) is 0 Å². The van der Waals surface area contributed by atoms with Gasteiger partial charge < -0.3 is 5.32 Å². The largest absolute Gasteiger partial charge is 0.311 e. The molecule has 3 rings (SSSR count). The van der Waals surface area contributed by atoms with Crippen LogP contribution in [0.1, 0.15) is 44.2 Å². The first kappa shape index (κ1) is 14.1. The minimum atomic E-state index is 0.680. The van der Waals surface area contributed by atoms with Crippen molar-refractivity contribution in [2.24, 2.45) is 5.92 Å². The van der Waals surface area contributed by atoms with E-state index >= 15 is 0 Å². The highest BCUT2D eigenvalue weighted by Crippen LogP contribution is 2.36. The second-order valence-electron chi connectivity index (χ2n) is 6.52. The third-order valence-corrected chi connectivity index (χ3v) is 5.02. The lowest BCUT2D eigenvalue weighted by molar-refractivity contribution is 0.106. The SMILES string of the molecule is CCc1ccc(CN2CC(CC)NCC2C2CC2)cc1. The Balaban J connectivity index is 1.67. The smallest absolute Gasteiger partial charge is 0.0253 e. The van der Waals surface area contributed by atoms with Crippen molar-refractivity contribution < 1.29 is 0 Å². The van der Waals surface area contributed by atoms with Gasteiger partial charge in [-0.3, -0.25) is 4.90 Å². The van der Waals surface area contributed by atoms with Crippen molar-refractivity contribution in [1.82, 2.24) is 10.2 Å². The lowest BCUT2D eigenvalue weighted by atomic mass is 10.0. The topological polar surface area (TPSA) is 15.3 Å². The van der Waals surface area contributed by atoms with E-state index in [2.05, 4.69) is 48.3 Å². The van der Waals surface area contributed by atoms with Crippen molar-refractivity contribution in [2.75, 3.05) is 13.1 Å². The summed E-state index contributed by atoms with van der Waals surface area (Å²) in [5, 5.41) is 3.73. The van der Waals surface area contributed by atoms with Crippen molar-refractivity contribution in [3.05, 3.63) is 35.4 Å². The molecule has 110 valence electrons. The van der Waals surface area contributed by atoms with Crippen molar-refractivity contribution in [3.8, 4) is 0 Å². The molecule has 20 heavy (non-hydrogen) atoms. The van der Waals surface area contributed by atoms with Gasteiger partial charge in [-0.05, 0) is 42.7 Å². The molecule has 2 heteroatoms. The molecule has 1 aromatic carbocycles. The molecular formula is C18H28N2. The van der Waals surface area contributed by atoms with Gasteiger partial charge in [-0.15, -0.1) is 0 Å². The summed E-state index contributed by atoms with van der Waals surface area (Å²) in [6.45, 7) is 8.05. The van der Waals surface area contributed by atoms with E-state index < -0.39 is 0 Å². The zero-order valence-electron chi connectivity index (χ0n) is 12.9. The van der Waals surface area contributed by atoms with Gasteiger partial charge >= 0.3 is 0 Å². The van der Waals surface area contributed by atoms with Crippen LogP contribution >= 0.6 is 0 Å². The van der Waals surface area contributed by atoms with Crippen LogP contribution in [0.4, 0.5) is 0 Å². The molecule has 2 unspecified atom stereocenters. The molecule has 2 fully saturated rings. The second kappa shape index (κ2) is 6.28. The second-order valence-corrected chi connectivity index (χ2v) is 6.52. The quantitative estimate of drug-likeness (QED) is 0.885. The Morgan fingerprint density at radius 1 is 1.10 bits per heavy atom. The molecular weight excluding hydrogens is 244 g/mol. The Labute approximate surface area is 123 Å². The summed E-state index contributed by atoms with van der Waals surface area (Å²) in [6.07, 6.45) is 5.25. The number of hydrogen-bond donors (Lipinski definition) is 1. The standard InChI is InChI=1S/C18H28N2/c1-3-14-5-7-15(8-6-14)12-20-13-17(4-2)19-11-18(20)16-9-10-16/h5-8,16-19H,3-4,9-13H2,1-2H3. The lowest BCUT2D eigenvalue weighted by Crippen LogP contribution is -2.56. The Morgan fingerprint density at radius 3 is 2.40 bits per heavy atom. The molecule has 1 aliphatic heterocycles. The Hall–Kier alpha value is -0.860. The molecule has 1 aliphatic carbocycles. The fourth-order valence-corrected chi connectivity index (χ4v) is 3.42. The maximum Gasteiger partial charge on any atom is 0.0253 e. The van der Waals surface area contributed by atoms with E-state index in [1.54, 1.807) is 0 Å². The molecule has 2 aliphatic rings. The molecule has 2 atom stereocenters. The monoisotopic (exact) mass is 272 g/mol. The van der Waals surface area contributed by atoms with E-state index in [1.165, 1.54) is 43.5 Å². The molecule has 0 radical (unpaired) electrons. The number of hydrogen-bond acceptors (Lipinski definition) is 2. The molecule has 0 bridgehead atoms. The van der Waals surface area contributed by atoms with Crippen LogP contribution < -0.4 is 5.32 Å². The van der Waals surface area contributed by atoms with Crippen LogP contribution in [-0.4, -0.2) is 30.1 Å². The molecule has 0 aromatic heterocycles. The van der Waals surface area contributed by atoms with Crippen LogP contribution in [-0.2, 0) is 13.0 Å². The normalized spacial score (nSPS) is 27.7. The van der Waals surface area contributed by atoms with Gasteiger partial charge in [0.2, 0.25) is 0 Å². The van der Waals surface area contributed by atoms with Gasteiger partial charge in [0.05, 0.1) is 0 Å². The summed E-state index contributed by atoms with van der Waals surface area (Å²) >= 11 is 0.